The number of rotatable bonds is 2. The van der Waals surface area contributed by atoms with E-state index in [2.05, 4.69) is 60.4 Å². The van der Waals surface area contributed by atoms with Crippen molar-refractivity contribution in [2.45, 2.75) is 26.5 Å². The van der Waals surface area contributed by atoms with Crippen LogP contribution in [0.2, 0.25) is 0 Å². The number of fused-ring (bicyclic) bond motifs is 1. The second-order valence-corrected chi connectivity index (χ2v) is 6.67. The molecule has 0 bridgehead atoms. The molecule has 1 aromatic rings. The van der Waals surface area contributed by atoms with E-state index in [1.54, 1.807) is 0 Å². The number of oxime groups is 1. The molecule has 4 heteroatoms. The maximum atomic E-state index is 5.72. The summed E-state index contributed by atoms with van der Waals surface area (Å²) in [6, 6.07) is 8.59. The van der Waals surface area contributed by atoms with Gasteiger partial charge < -0.3 is 10.2 Å². The monoisotopic (exact) mass is 271 g/mol. The number of benzene rings is 1. The summed E-state index contributed by atoms with van der Waals surface area (Å²) >= 11 is 0. The van der Waals surface area contributed by atoms with E-state index >= 15 is 0 Å². The van der Waals surface area contributed by atoms with Gasteiger partial charge in [0.05, 0.1) is 0 Å². The lowest BCUT2D eigenvalue weighted by Gasteiger charge is -2.32. The highest BCUT2D eigenvalue weighted by atomic mass is 16.7. The van der Waals surface area contributed by atoms with Crippen molar-refractivity contribution in [3.05, 3.63) is 29.8 Å². The molecule has 1 aromatic carbocycles. The fraction of sp³-hybridized carbons (Fsp3) is 0.562. The number of nitrogens with one attached hydrogen (secondary N) is 1. The molecule has 4 rings (SSSR count). The van der Waals surface area contributed by atoms with Crippen molar-refractivity contribution in [3.63, 3.8) is 0 Å². The van der Waals surface area contributed by atoms with Gasteiger partial charge in [-0.15, -0.1) is 0 Å². The summed E-state index contributed by atoms with van der Waals surface area (Å²) in [7, 11) is 0. The van der Waals surface area contributed by atoms with Crippen molar-refractivity contribution in [2.75, 3.05) is 18.0 Å². The topological polar surface area (TPSA) is 36.9 Å². The van der Waals surface area contributed by atoms with E-state index in [0.29, 0.717) is 5.92 Å². The number of nitrogens with zero attached hydrogens (tertiary/aromatic N) is 2. The molecule has 1 aliphatic carbocycles. The van der Waals surface area contributed by atoms with Crippen molar-refractivity contribution in [3.8, 4) is 0 Å². The number of hydrogen-bond acceptors (Lipinski definition) is 4. The average Bonchev–Trinajstić information content (AvgIpc) is 2.76. The Labute approximate surface area is 119 Å². The van der Waals surface area contributed by atoms with Crippen LogP contribution in [0.3, 0.4) is 0 Å². The van der Waals surface area contributed by atoms with E-state index < -0.39 is 5.72 Å². The van der Waals surface area contributed by atoms with Crippen molar-refractivity contribution in [1.29, 1.82) is 0 Å². The van der Waals surface area contributed by atoms with Gasteiger partial charge in [-0.1, -0.05) is 17.3 Å². The maximum Gasteiger partial charge on any atom is 0.209 e. The molecule has 0 radical (unpaired) electrons. The normalized spacial score (nSPS) is 33.6. The molecule has 1 saturated carbocycles. The fourth-order valence-electron chi connectivity index (χ4n) is 3.74. The van der Waals surface area contributed by atoms with Gasteiger partial charge in [0.2, 0.25) is 5.72 Å². The zero-order valence-electron chi connectivity index (χ0n) is 12.3. The van der Waals surface area contributed by atoms with Crippen LogP contribution in [0.1, 0.15) is 19.4 Å². The van der Waals surface area contributed by atoms with Crippen molar-refractivity contribution in [2.24, 2.45) is 22.9 Å². The molecule has 2 aliphatic heterocycles. The van der Waals surface area contributed by atoms with Crippen LogP contribution < -0.4 is 10.2 Å². The lowest BCUT2D eigenvalue weighted by molar-refractivity contribution is 0.0138. The van der Waals surface area contributed by atoms with Crippen LogP contribution in [0.4, 0.5) is 5.69 Å². The van der Waals surface area contributed by atoms with E-state index in [-0.39, 0.29) is 0 Å². The summed E-state index contributed by atoms with van der Waals surface area (Å²) in [5, 5.41) is 7.88. The number of hydrogen-bond donors (Lipinski definition) is 1. The smallest absolute Gasteiger partial charge is 0.209 e. The molecular weight excluding hydrogens is 250 g/mol. The Hall–Kier alpha value is -1.55. The second kappa shape index (κ2) is 3.98. The molecule has 3 aliphatic rings. The number of anilines is 1. The summed E-state index contributed by atoms with van der Waals surface area (Å²) in [6.45, 7) is 8.54. The second-order valence-electron chi connectivity index (χ2n) is 6.67. The Bertz CT molecular complexity index is 571. The minimum absolute atomic E-state index is 0.395. The Morgan fingerprint density at radius 1 is 1.30 bits per heavy atom. The third kappa shape index (κ3) is 1.67. The molecule has 0 spiro atoms. The van der Waals surface area contributed by atoms with Gasteiger partial charge in [-0.3, -0.25) is 4.90 Å². The first-order chi connectivity index (χ1) is 9.58. The summed E-state index contributed by atoms with van der Waals surface area (Å²) in [5.74, 6) is 3.19. The Kier molecular flexibility index (Phi) is 2.43. The van der Waals surface area contributed by atoms with E-state index in [1.165, 1.54) is 11.3 Å². The van der Waals surface area contributed by atoms with E-state index in [1.807, 2.05) is 0 Å². The summed E-state index contributed by atoms with van der Waals surface area (Å²) in [5.41, 5.74) is 2.05. The zero-order valence-corrected chi connectivity index (χ0v) is 12.3. The van der Waals surface area contributed by atoms with E-state index in [4.69, 9.17) is 4.84 Å². The summed E-state index contributed by atoms with van der Waals surface area (Å²) in [4.78, 5) is 8.00. The maximum absolute atomic E-state index is 5.72. The van der Waals surface area contributed by atoms with Crippen LogP contribution in [0.25, 0.3) is 0 Å². The zero-order chi connectivity index (χ0) is 13.9. The lowest BCUT2D eigenvalue weighted by Crippen LogP contribution is -2.45. The molecular formula is C16H21N3O. The van der Waals surface area contributed by atoms with Gasteiger partial charge in [0, 0.05) is 11.6 Å². The minimum atomic E-state index is -0.395. The molecule has 1 saturated heterocycles. The van der Waals surface area contributed by atoms with Crippen LogP contribution in [0.5, 0.6) is 0 Å². The highest BCUT2D eigenvalue weighted by molar-refractivity contribution is 6.03. The predicted molar refractivity (Wildman–Crippen MR) is 79.6 cm³/mol. The molecule has 2 heterocycles. The van der Waals surface area contributed by atoms with Crippen LogP contribution in [0.15, 0.2) is 29.4 Å². The van der Waals surface area contributed by atoms with Crippen molar-refractivity contribution >= 4 is 11.5 Å². The standard InChI is InChI=1S/C16H21N3O/c1-10-5-4-6-11(7-10)19-15(18-20-16(19,2)3)14-12-8-17-9-13(12)14/h4-7,12-14,17H,8-9H2,1-3H3/t12-,13+,14?. The molecule has 4 nitrogen and oxygen atoms in total. The van der Waals surface area contributed by atoms with Crippen LogP contribution >= 0.6 is 0 Å². The first-order valence-corrected chi connectivity index (χ1v) is 7.41. The van der Waals surface area contributed by atoms with Gasteiger partial charge in [-0.25, -0.2) is 0 Å². The fourth-order valence-corrected chi connectivity index (χ4v) is 3.74. The van der Waals surface area contributed by atoms with E-state index in [0.717, 1.165) is 30.8 Å². The molecule has 1 N–H and O–H groups in total. The Balaban J connectivity index is 1.69. The molecule has 106 valence electrons. The van der Waals surface area contributed by atoms with Crippen molar-refractivity contribution < 1.29 is 4.84 Å². The third-order valence-corrected chi connectivity index (χ3v) is 4.78. The van der Waals surface area contributed by atoms with Crippen molar-refractivity contribution in [1.82, 2.24) is 5.32 Å². The SMILES string of the molecule is Cc1cccc(N2C(C3[C@H]4CNC[C@@H]34)=NOC2(C)C)c1. The Morgan fingerprint density at radius 3 is 2.75 bits per heavy atom. The van der Waals surface area contributed by atoms with Gasteiger partial charge in [0.15, 0.2) is 5.84 Å². The van der Waals surface area contributed by atoms with Gasteiger partial charge >= 0.3 is 0 Å². The quantitative estimate of drug-likeness (QED) is 0.897. The number of piperidine rings is 1. The predicted octanol–water partition coefficient (Wildman–Crippen LogP) is 2.35. The highest BCUT2D eigenvalue weighted by Crippen LogP contribution is 2.52. The van der Waals surface area contributed by atoms with Crippen LogP contribution in [-0.2, 0) is 4.84 Å². The Morgan fingerprint density at radius 2 is 2.05 bits per heavy atom. The largest absolute Gasteiger partial charge is 0.366 e. The molecule has 3 atom stereocenters. The van der Waals surface area contributed by atoms with E-state index in [9.17, 15) is 0 Å². The van der Waals surface area contributed by atoms with Crippen LogP contribution in [-0.4, -0.2) is 24.7 Å². The lowest BCUT2D eigenvalue weighted by atomic mass is 10.1. The molecule has 0 aromatic heterocycles. The van der Waals surface area contributed by atoms with Gasteiger partial charge in [0.25, 0.3) is 0 Å². The van der Waals surface area contributed by atoms with Gasteiger partial charge in [0.1, 0.15) is 0 Å². The molecule has 20 heavy (non-hydrogen) atoms. The first-order valence-electron chi connectivity index (χ1n) is 7.41. The molecule has 2 fully saturated rings. The van der Waals surface area contributed by atoms with Gasteiger partial charge in [-0.2, -0.15) is 0 Å². The minimum Gasteiger partial charge on any atom is -0.366 e. The highest BCUT2D eigenvalue weighted by Gasteiger charge is 2.59. The number of aryl methyl sites for hydroxylation is 1. The number of amidine groups is 1. The van der Waals surface area contributed by atoms with Gasteiger partial charge in [-0.05, 0) is 63.4 Å². The summed E-state index contributed by atoms with van der Waals surface area (Å²) in [6.07, 6.45) is 0. The van der Waals surface area contributed by atoms with Crippen LogP contribution in [0, 0.1) is 24.7 Å². The first kappa shape index (κ1) is 12.2. The molecule has 0 amide bonds. The summed E-state index contributed by atoms with van der Waals surface area (Å²) < 4.78 is 0. The average molecular weight is 271 g/mol. The third-order valence-electron chi connectivity index (χ3n) is 4.78. The molecule has 1 unspecified atom stereocenters.